The third kappa shape index (κ3) is 3.53. The highest BCUT2D eigenvalue weighted by atomic mass is 32.2. The van der Waals surface area contributed by atoms with Crippen LogP contribution >= 0.6 is 0 Å². The average molecular weight is 321 g/mol. The van der Waals surface area contributed by atoms with Crippen molar-refractivity contribution in [2.24, 2.45) is 0 Å². The lowest BCUT2D eigenvalue weighted by molar-refractivity contribution is -0.137. The maximum Gasteiger partial charge on any atom is 0.416 e. The number of hydrogen-bond acceptors (Lipinski definition) is 3. The van der Waals surface area contributed by atoms with E-state index in [-0.39, 0.29) is 13.2 Å². The molecule has 1 N–H and O–H groups in total. The van der Waals surface area contributed by atoms with Crippen LogP contribution in [0.2, 0.25) is 0 Å². The molecule has 0 amide bonds. The summed E-state index contributed by atoms with van der Waals surface area (Å²) in [6.07, 6.45) is -4.40. The summed E-state index contributed by atoms with van der Waals surface area (Å²) in [5.74, 6) is 0. The largest absolute Gasteiger partial charge is 0.598 e. The second kappa shape index (κ2) is 5.46. The number of hydrogen-bond donors (Lipinski definition) is 1. The summed E-state index contributed by atoms with van der Waals surface area (Å²) in [4.78, 5) is 0. The molecule has 2 rings (SSSR count). The molecule has 0 saturated carbocycles. The SMILES string of the molecule is CC(C)(C)[S+]([O-])NC1(c2cccc(C(F)(F)F)c2)COC1. The van der Waals surface area contributed by atoms with Crippen LogP contribution < -0.4 is 4.72 Å². The zero-order valence-electron chi connectivity index (χ0n) is 12.1. The molecule has 1 aliphatic rings. The van der Waals surface area contributed by atoms with Gasteiger partial charge in [0.1, 0.15) is 10.3 Å². The summed E-state index contributed by atoms with van der Waals surface area (Å²) in [6, 6.07) is 5.08. The lowest BCUT2D eigenvalue weighted by Crippen LogP contribution is -2.61. The first-order valence-electron chi connectivity index (χ1n) is 6.50. The molecule has 0 bridgehead atoms. The summed E-state index contributed by atoms with van der Waals surface area (Å²) >= 11 is -1.39. The van der Waals surface area contributed by atoms with E-state index in [4.69, 9.17) is 4.74 Å². The van der Waals surface area contributed by atoms with Gasteiger partial charge in [-0.3, -0.25) is 0 Å². The van der Waals surface area contributed by atoms with Crippen LogP contribution in [0.1, 0.15) is 31.9 Å². The molecule has 1 unspecified atom stereocenters. The van der Waals surface area contributed by atoms with Crippen molar-refractivity contribution < 1.29 is 22.5 Å². The summed E-state index contributed by atoms with van der Waals surface area (Å²) in [7, 11) is 0. The fourth-order valence-corrected chi connectivity index (χ4v) is 2.81. The van der Waals surface area contributed by atoms with E-state index in [2.05, 4.69) is 4.72 Å². The minimum atomic E-state index is -4.40. The van der Waals surface area contributed by atoms with Gasteiger partial charge in [0.15, 0.2) is 0 Å². The van der Waals surface area contributed by atoms with E-state index in [0.29, 0.717) is 5.56 Å². The monoisotopic (exact) mass is 321 g/mol. The number of benzene rings is 1. The van der Waals surface area contributed by atoms with Crippen molar-refractivity contribution in [2.45, 2.75) is 37.2 Å². The Labute approximate surface area is 125 Å². The minimum Gasteiger partial charge on any atom is -0.598 e. The molecule has 1 aromatic rings. The highest BCUT2D eigenvalue weighted by Crippen LogP contribution is 2.36. The standard InChI is InChI=1S/C14H18F3NO2S/c1-12(2,3)21(19)18-13(8-20-9-13)10-5-4-6-11(7-10)14(15,16)17/h4-7,18H,8-9H2,1-3H3. The van der Waals surface area contributed by atoms with Gasteiger partial charge in [-0.25, -0.2) is 0 Å². The topological polar surface area (TPSA) is 44.3 Å². The Morgan fingerprint density at radius 3 is 2.29 bits per heavy atom. The fourth-order valence-electron chi connectivity index (χ4n) is 1.91. The van der Waals surface area contributed by atoms with Gasteiger partial charge in [0.25, 0.3) is 0 Å². The number of nitrogens with one attached hydrogen (secondary N) is 1. The molecule has 0 spiro atoms. The second-order valence-corrected chi connectivity index (χ2v) is 8.10. The Morgan fingerprint density at radius 1 is 1.24 bits per heavy atom. The van der Waals surface area contributed by atoms with E-state index in [1.807, 2.05) is 0 Å². The average Bonchev–Trinajstić information content (AvgIpc) is 2.31. The van der Waals surface area contributed by atoms with E-state index in [9.17, 15) is 17.7 Å². The molecule has 0 aromatic heterocycles. The summed E-state index contributed by atoms with van der Waals surface area (Å²) in [6.45, 7) is 5.81. The predicted molar refractivity (Wildman–Crippen MR) is 75.0 cm³/mol. The second-order valence-electron chi connectivity index (χ2n) is 6.14. The zero-order chi connectivity index (χ0) is 15.9. The highest BCUT2D eigenvalue weighted by Gasteiger charge is 2.47. The minimum absolute atomic E-state index is 0.204. The van der Waals surface area contributed by atoms with E-state index in [1.54, 1.807) is 26.8 Å². The molecular formula is C14H18F3NO2S. The van der Waals surface area contributed by atoms with Gasteiger partial charge < -0.3 is 9.29 Å². The van der Waals surface area contributed by atoms with E-state index in [0.717, 1.165) is 12.1 Å². The Balaban J connectivity index is 2.29. The van der Waals surface area contributed by atoms with Crippen LogP contribution in [0.15, 0.2) is 24.3 Å². The molecule has 0 radical (unpaired) electrons. The van der Waals surface area contributed by atoms with Crippen LogP contribution in [-0.2, 0) is 27.8 Å². The molecule has 1 fully saturated rings. The van der Waals surface area contributed by atoms with Crippen molar-refractivity contribution in [3.63, 3.8) is 0 Å². The van der Waals surface area contributed by atoms with Crippen LogP contribution in [0.5, 0.6) is 0 Å². The molecule has 1 saturated heterocycles. The van der Waals surface area contributed by atoms with Crippen molar-refractivity contribution in [3.8, 4) is 0 Å². The maximum absolute atomic E-state index is 12.8. The Morgan fingerprint density at radius 2 is 1.86 bits per heavy atom. The summed E-state index contributed by atoms with van der Waals surface area (Å²) in [5.41, 5.74) is -1.09. The Bertz CT molecular complexity index is 510. The number of rotatable bonds is 3. The van der Waals surface area contributed by atoms with Crippen molar-refractivity contribution in [1.29, 1.82) is 0 Å². The molecule has 1 aliphatic heterocycles. The lowest BCUT2D eigenvalue weighted by Gasteiger charge is -2.43. The zero-order valence-corrected chi connectivity index (χ0v) is 12.9. The number of halogens is 3. The van der Waals surface area contributed by atoms with Crippen molar-refractivity contribution in [1.82, 2.24) is 4.72 Å². The number of ether oxygens (including phenoxy) is 1. The highest BCUT2D eigenvalue weighted by molar-refractivity contribution is 7.90. The van der Waals surface area contributed by atoms with E-state index >= 15 is 0 Å². The first-order valence-corrected chi connectivity index (χ1v) is 7.65. The van der Waals surface area contributed by atoms with Crippen LogP contribution in [0.4, 0.5) is 13.2 Å². The van der Waals surface area contributed by atoms with Crippen molar-refractivity contribution in [2.75, 3.05) is 13.2 Å². The summed E-state index contributed by atoms with van der Waals surface area (Å²) < 4.78 is 58.3. The third-order valence-corrected chi connectivity index (χ3v) is 4.97. The first kappa shape index (κ1) is 16.6. The third-order valence-electron chi connectivity index (χ3n) is 3.28. The maximum atomic E-state index is 12.8. The van der Waals surface area contributed by atoms with Crippen molar-refractivity contribution >= 4 is 11.4 Å². The van der Waals surface area contributed by atoms with Gasteiger partial charge in [-0.1, -0.05) is 12.1 Å². The van der Waals surface area contributed by atoms with Gasteiger partial charge in [-0.15, -0.1) is 4.72 Å². The molecule has 1 aromatic carbocycles. The summed E-state index contributed by atoms with van der Waals surface area (Å²) in [5, 5.41) is 0. The molecule has 0 aliphatic carbocycles. The molecule has 7 heteroatoms. The Hall–Kier alpha value is -0.760. The first-order chi connectivity index (χ1) is 9.55. The smallest absolute Gasteiger partial charge is 0.416 e. The van der Waals surface area contributed by atoms with E-state index < -0.39 is 33.4 Å². The number of alkyl halides is 3. The molecule has 118 valence electrons. The quantitative estimate of drug-likeness (QED) is 0.871. The van der Waals surface area contributed by atoms with Gasteiger partial charge in [-0.2, -0.15) is 13.2 Å². The van der Waals surface area contributed by atoms with Crippen LogP contribution in [0.3, 0.4) is 0 Å². The van der Waals surface area contributed by atoms with Gasteiger partial charge in [0.05, 0.1) is 18.8 Å². The lowest BCUT2D eigenvalue weighted by atomic mass is 9.88. The van der Waals surface area contributed by atoms with Gasteiger partial charge in [0, 0.05) is 11.4 Å². The molecular weight excluding hydrogens is 303 g/mol. The molecule has 1 atom stereocenters. The fraction of sp³-hybridized carbons (Fsp3) is 0.571. The van der Waals surface area contributed by atoms with Crippen LogP contribution in [-0.4, -0.2) is 22.5 Å². The van der Waals surface area contributed by atoms with Gasteiger partial charge in [-0.05, 0) is 38.5 Å². The van der Waals surface area contributed by atoms with Gasteiger partial charge in [0.2, 0.25) is 0 Å². The predicted octanol–water partition coefficient (Wildman–Crippen LogP) is 2.98. The van der Waals surface area contributed by atoms with Gasteiger partial charge >= 0.3 is 6.18 Å². The van der Waals surface area contributed by atoms with Crippen LogP contribution in [0.25, 0.3) is 0 Å². The van der Waals surface area contributed by atoms with Crippen LogP contribution in [0, 0.1) is 0 Å². The molecule has 3 nitrogen and oxygen atoms in total. The van der Waals surface area contributed by atoms with E-state index in [1.165, 1.54) is 6.07 Å². The normalized spacial score (nSPS) is 20.0. The Kier molecular flexibility index (Phi) is 4.32. The molecule has 21 heavy (non-hydrogen) atoms. The molecule has 1 heterocycles. The van der Waals surface area contributed by atoms with Crippen molar-refractivity contribution in [3.05, 3.63) is 35.4 Å².